The molecule has 0 aliphatic rings. The van der Waals surface area contributed by atoms with Crippen molar-refractivity contribution in [1.82, 2.24) is 9.97 Å². The van der Waals surface area contributed by atoms with E-state index in [1.165, 1.54) is 12.1 Å². The molecule has 0 fully saturated rings. The second-order valence-corrected chi connectivity index (χ2v) is 14.8. The van der Waals surface area contributed by atoms with E-state index in [1.54, 1.807) is 6.07 Å². The second-order valence-electron chi connectivity index (χ2n) is 14.8. The molecule has 0 radical (unpaired) electrons. The van der Waals surface area contributed by atoms with Crippen molar-refractivity contribution in [3.05, 3.63) is 50.0 Å². The molecule has 0 saturated carbocycles. The van der Waals surface area contributed by atoms with Crippen LogP contribution in [0, 0.1) is 34.0 Å². The molecule has 0 aliphatic carbocycles. The van der Waals surface area contributed by atoms with Crippen LogP contribution in [0.3, 0.4) is 0 Å². The summed E-state index contributed by atoms with van der Waals surface area (Å²) in [6.07, 6.45) is 2.19. The Balaban J connectivity index is 2.55. The van der Waals surface area contributed by atoms with Crippen molar-refractivity contribution >= 4 is 38.0 Å². The smallest absolute Gasteiger partial charge is 0.423 e. The number of aromatic nitrogens is 2. The van der Waals surface area contributed by atoms with Crippen LogP contribution in [-0.4, -0.2) is 61.5 Å². The van der Waals surface area contributed by atoms with Gasteiger partial charge in [-0.1, -0.05) is 74.4 Å². The summed E-state index contributed by atoms with van der Waals surface area (Å²) < 4.78 is 0. The molecular weight excluding hydrogens is 537 g/mol. The Morgan fingerprint density at radius 3 is 1.52 bits per heavy atom. The van der Waals surface area contributed by atoms with Crippen molar-refractivity contribution in [2.45, 2.75) is 88.0 Å². The summed E-state index contributed by atoms with van der Waals surface area (Å²) in [6.45, 7) is 19.8. The first-order valence-electron chi connectivity index (χ1n) is 14.6. The van der Waals surface area contributed by atoms with Crippen molar-refractivity contribution in [2.24, 2.45) is 34.0 Å². The molecular formula is C29H49B3N2O8. The summed E-state index contributed by atoms with van der Waals surface area (Å²) in [5, 5.41) is 58.2. The highest BCUT2D eigenvalue weighted by Gasteiger charge is 2.46. The zero-order chi connectivity index (χ0) is 32.4. The number of hydrogen-bond acceptors (Lipinski definition) is 8. The third kappa shape index (κ3) is 9.18. The van der Waals surface area contributed by atoms with E-state index in [0.717, 1.165) is 0 Å². The summed E-state index contributed by atoms with van der Waals surface area (Å²) >= 11 is 0. The number of hydrogen-bond donors (Lipinski definition) is 8. The van der Waals surface area contributed by atoms with E-state index in [-0.39, 0.29) is 56.2 Å². The van der Waals surface area contributed by atoms with E-state index in [2.05, 4.69) is 72.3 Å². The number of H-pyrrole nitrogens is 2. The van der Waals surface area contributed by atoms with E-state index < -0.39 is 26.9 Å². The molecule has 2 aromatic heterocycles. The molecule has 2 heterocycles. The molecule has 13 heteroatoms. The maximum Gasteiger partial charge on any atom is 0.506 e. The van der Waals surface area contributed by atoms with Gasteiger partial charge in [0.25, 0.3) is 5.56 Å². The van der Waals surface area contributed by atoms with Gasteiger partial charge in [-0.2, -0.15) is 0 Å². The summed E-state index contributed by atoms with van der Waals surface area (Å²) in [4.78, 5) is 30.0. The SMILES string of the molecule is CC(C)(C)C(CCc1cc(B(O)O)c(=O)[nH]c1B(O)O)C(C(CCc1ccc(B(O)O)[nH]c1=O)C(C)(C)C)C(C)(C)C. The van der Waals surface area contributed by atoms with Crippen LogP contribution in [0.25, 0.3) is 0 Å². The zero-order valence-corrected chi connectivity index (χ0v) is 26.5. The second kappa shape index (κ2) is 13.7. The molecule has 0 aliphatic heterocycles. The monoisotopic (exact) mass is 586 g/mol. The molecule has 0 saturated heterocycles. The molecule has 0 amide bonds. The lowest BCUT2D eigenvalue weighted by Gasteiger charge is -2.52. The van der Waals surface area contributed by atoms with Gasteiger partial charge < -0.3 is 40.1 Å². The number of pyridine rings is 2. The fourth-order valence-corrected chi connectivity index (χ4v) is 6.51. The van der Waals surface area contributed by atoms with E-state index in [0.29, 0.717) is 36.8 Å². The van der Waals surface area contributed by atoms with Gasteiger partial charge in [-0.05, 0) is 71.3 Å². The first-order chi connectivity index (χ1) is 19.1. The van der Waals surface area contributed by atoms with Gasteiger partial charge in [0.05, 0.1) is 5.59 Å². The van der Waals surface area contributed by atoms with E-state index in [4.69, 9.17) is 0 Å². The molecule has 2 rings (SSSR count). The van der Waals surface area contributed by atoms with Gasteiger partial charge in [0, 0.05) is 16.6 Å². The Bertz CT molecular complexity index is 1300. The maximum atomic E-state index is 12.7. The average Bonchev–Trinajstić information content (AvgIpc) is 2.81. The van der Waals surface area contributed by atoms with Gasteiger partial charge in [-0.3, -0.25) is 9.59 Å². The van der Waals surface area contributed by atoms with Gasteiger partial charge >= 0.3 is 21.4 Å². The summed E-state index contributed by atoms with van der Waals surface area (Å²) in [6, 6.07) is 4.50. The van der Waals surface area contributed by atoms with Crippen molar-refractivity contribution in [3.63, 3.8) is 0 Å². The molecule has 3 atom stereocenters. The topological polar surface area (TPSA) is 187 Å². The van der Waals surface area contributed by atoms with E-state index >= 15 is 0 Å². The Labute approximate surface area is 250 Å². The molecule has 0 bridgehead atoms. The van der Waals surface area contributed by atoms with Crippen molar-refractivity contribution in [1.29, 1.82) is 0 Å². The molecule has 8 N–H and O–H groups in total. The zero-order valence-electron chi connectivity index (χ0n) is 26.5. The minimum atomic E-state index is -2.00. The molecule has 0 aromatic carbocycles. The summed E-state index contributed by atoms with van der Waals surface area (Å²) in [5.74, 6) is 0.394. The van der Waals surface area contributed by atoms with Gasteiger partial charge in [-0.25, -0.2) is 0 Å². The molecule has 3 unspecified atom stereocenters. The van der Waals surface area contributed by atoms with Crippen LogP contribution in [0.1, 0.15) is 86.3 Å². The average molecular weight is 586 g/mol. The van der Waals surface area contributed by atoms with Crippen LogP contribution >= 0.6 is 0 Å². The highest BCUT2D eigenvalue weighted by Crippen LogP contribution is 2.53. The maximum absolute atomic E-state index is 12.7. The van der Waals surface area contributed by atoms with Crippen LogP contribution in [0.2, 0.25) is 0 Å². The van der Waals surface area contributed by atoms with Crippen LogP contribution < -0.4 is 27.8 Å². The first kappa shape index (κ1) is 36.0. The quantitative estimate of drug-likeness (QED) is 0.164. The normalized spacial score (nSPS) is 14.8. The van der Waals surface area contributed by atoms with Gasteiger partial charge in [-0.15, -0.1) is 0 Å². The summed E-state index contributed by atoms with van der Waals surface area (Å²) in [7, 11) is -5.68. The molecule has 2 aromatic rings. The minimum absolute atomic E-state index is 0.0444. The standard InChI is InChI=1S/C29H49B3N2O8/c1-27(2,3)19(13-10-17-12-15-22(31(39)40)33-25(17)35)23(29(7,8)9)20(28(4,5)6)14-11-18-16-21(30(37)38)26(36)34-24(18)32(41)42/h12,15-16,19-20,23,37-42H,10-11,13-14H2,1-9H3,(H,33,35)(H,34,36). The molecule has 0 spiro atoms. The fraction of sp³-hybridized carbons (Fsp3) is 0.655. The van der Waals surface area contributed by atoms with Crippen LogP contribution in [0.5, 0.6) is 0 Å². The lowest BCUT2D eigenvalue weighted by atomic mass is 9.53. The van der Waals surface area contributed by atoms with Crippen LogP contribution in [-0.2, 0) is 12.8 Å². The third-order valence-corrected chi connectivity index (χ3v) is 8.56. The Hall–Kier alpha value is -2.15. The Morgan fingerprint density at radius 2 is 1.14 bits per heavy atom. The van der Waals surface area contributed by atoms with Crippen molar-refractivity contribution < 1.29 is 30.1 Å². The lowest BCUT2D eigenvalue weighted by Crippen LogP contribution is -2.50. The first-order valence-corrected chi connectivity index (χ1v) is 14.6. The van der Waals surface area contributed by atoms with Gasteiger partial charge in [0.1, 0.15) is 0 Å². The largest absolute Gasteiger partial charge is 0.506 e. The molecule has 42 heavy (non-hydrogen) atoms. The number of aryl methyl sites for hydroxylation is 2. The third-order valence-electron chi connectivity index (χ3n) is 8.56. The van der Waals surface area contributed by atoms with Gasteiger partial charge in [0.15, 0.2) is 0 Å². The summed E-state index contributed by atoms with van der Waals surface area (Å²) in [5.41, 5.74) is -0.904. The fourth-order valence-electron chi connectivity index (χ4n) is 6.51. The van der Waals surface area contributed by atoms with Crippen LogP contribution in [0.4, 0.5) is 0 Å². The molecule has 10 nitrogen and oxygen atoms in total. The van der Waals surface area contributed by atoms with Crippen molar-refractivity contribution in [3.8, 4) is 0 Å². The van der Waals surface area contributed by atoms with Gasteiger partial charge in [0.2, 0.25) is 5.56 Å². The highest BCUT2D eigenvalue weighted by atomic mass is 16.4. The predicted octanol–water partition coefficient (Wildman–Crippen LogP) is -0.345. The minimum Gasteiger partial charge on any atom is -0.423 e. The van der Waals surface area contributed by atoms with Crippen LogP contribution in [0.15, 0.2) is 27.8 Å². The molecule has 232 valence electrons. The number of aromatic amines is 2. The number of rotatable bonds is 11. The highest BCUT2D eigenvalue weighted by molar-refractivity contribution is 6.60. The number of nitrogens with one attached hydrogen (secondary N) is 2. The predicted molar refractivity (Wildman–Crippen MR) is 169 cm³/mol. The van der Waals surface area contributed by atoms with E-state index in [1.807, 2.05) is 0 Å². The van der Waals surface area contributed by atoms with E-state index in [9.17, 15) is 39.7 Å². The Kier molecular flexibility index (Phi) is 11.7. The Morgan fingerprint density at radius 1 is 0.643 bits per heavy atom. The lowest BCUT2D eigenvalue weighted by molar-refractivity contribution is -0.0257. The van der Waals surface area contributed by atoms with Crippen molar-refractivity contribution in [2.75, 3.05) is 0 Å².